The molecule has 1 fully saturated rings. The monoisotopic (exact) mass is 277 g/mol. The van der Waals surface area contributed by atoms with Crippen molar-refractivity contribution in [2.75, 3.05) is 6.54 Å². The third-order valence-electron chi connectivity index (χ3n) is 2.13. The highest BCUT2D eigenvalue weighted by atomic mass is 79.9. The highest BCUT2D eigenvalue weighted by molar-refractivity contribution is 9.10. The first kappa shape index (κ1) is 10.0. The van der Waals surface area contributed by atoms with E-state index in [1.165, 1.54) is 15.8 Å². The molecule has 2 rings (SSSR count). The minimum Gasteiger partial charge on any atom is -0.301 e. The molecule has 2 unspecified atom stereocenters. The number of hydrogen-bond acceptors (Lipinski definition) is 3. The zero-order chi connectivity index (χ0) is 9.26. The van der Waals surface area contributed by atoms with Crippen LogP contribution in [0.5, 0.6) is 0 Å². The molecule has 1 saturated heterocycles. The first-order chi connectivity index (χ1) is 6.27. The van der Waals surface area contributed by atoms with E-state index in [0.29, 0.717) is 5.37 Å². The lowest BCUT2D eigenvalue weighted by Gasteiger charge is -2.27. The van der Waals surface area contributed by atoms with Gasteiger partial charge in [0.25, 0.3) is 0 Å². The van der Waals surface area contributed by atoms with Gasteiger partial charge in [-0.05, 0) is 40.3 Å². The molecule has 0 radical (unpaired) electrons. The van der Waals surface area contributed by atoms with Gasteiger partial charge in [0.2, 0.25) is 0 Å². The average Bonchev–Trinajstić information content (AvgIpc) is 2.51. The van der Waals surface area contributed by atoms with E-state index >= 15 is 0 Å². The van der Waals surface area contributed by atoms with Crippen molar-refractivity contribution in [3.63, 3.8) is 0 Å². The largest absolute Gasteiger partial charge is 0.301 e. The van der Waals surface area contributed by atoms with Gasteiger partial charge in [0.05, 0.1) is 5.37 Å². The van der Waals surface area contributed by atoms with Crippen LogP contribution in [-0.4, -0.2) is 11.8 Å². The maximum absolute atomic E-state index is 3.58. The molecule has 2 heterocycles. The van der Waals surface area contributed by atoms with Gasteiger partial charge in [0, 0.05) is 14.6 Å². The summed E-state index contributed by atoms with van der Waals surface area (Å²) in [6.45, 7) is 3.45. The van der Waals surface area contributed by atoms with Gasteiger partial charge in [0.15, 0.2) is 0 Å². The normalized spacial score (nSPS) is 29.1. The summed E-state index contributed by atoms with van der Waals surface area (Å²) in [5.74, 6) is 0. The Morgan fingerprint density at radius 3 is 3.08 bits per heavy atom. The molecule has 1 aromatic rings. The maximum Gasteiger partial charge on any atom is 0.0896 e. The second kappa shape index (κ2) is 4.34. The van der Waals surface area contributed by atoms with E-state index in [2.05, 4.69) is 39.6 Å². The second-order valence-corrected chi connectivity index (χ2v) is 6.55. The Hall–Kier alpha value is 0.490. The lowest BCUT2D eigenvalue weighted by molar-refractivity contribution is 0.609. The summed E-state index contributed by atoms with van der Waals surface area (Å²) >= 11 is 7.43. The van der Waals surface area contributed by atoms with Crippen LogP contribution < -0.4 is 5.32 Å². The molecule has 2 atom stereocenters. The van der Waals surface area contributed by atoms with Crippen LogP contribution in [0.15, 0.2) is 15.9 Å². The lowest BCUT2D eigenvalue weighted by atomic mass is 10.3. The Labute approximate surface area is 95.4 Å². The van der Waals surface area contributed by atoms with Crippen molar-refractivity contribution in [2.24, 2.45) is 0 Å². The zero-order valence-electron chi connectivity index (χ0n) is 7.42. The van der Waals surface area contributed by atoms with E-state index in [1.54, 1.807) is 0 Å². The van der Waals surface area contributed by atoms with Gasteiger partial charge in [-0.2, -0.15) is 0 Å². The van der Waals surface area contributed by atoms with Crippen LogP contribution in [0.25, 0.3) is 0 Å². The summed E-state index contributed by atoms with van der Waals surface area (Å²) < 4.78 is 1.25. The molecule has 0 amide bonds. The number of halogens is 1. The van der Waals surface area contributed by atoms with E-state index in [0.717, 1.165) is 11.8 Å². The van der Waals surface area contributed by atoms with Crippen molar-refractivity contribution in [2.45, 2.75) is 24.0 Å². The molecule has 0 aliphatic carbocycles. The fourth-order valence-electron chi connectivity index (χ4n) is 1.41. The predicted molar refractivity (Wildman–Crippen MR) is 64.4 cm³/mol. The summed E-state index contributed by atoms with van der Waals surface area (Å²) in [5, 5.41) is 6.95. The average molecular weight is 278 g/mol. The Kier molecular flexibility index (Phi) is 3.35. The smallest absolute Gasteiger partial charge is 0.0896 e. The van der Waals surface area contributed by atoms with Crippen LogP contribution in [-0.2, 0) is 0 Å². The zero-order valence-corrected chi connectivity index (χ0v) is 10.6. The highest BCUT2D eigenvalue weighted by Gasteiger charge is 2.22. The number of thiophene rings is 1. The van der Waals surface area contributed by atoms with Crippen molar-refractivity contribution in [1.82, 2.24) is 5.32 Å². The topological polar surface area (TPSA) is 12.0 Å². The van der Waals surface area contributed by atoms with Crippen LogP contribution in [0.1, 0.15) is 23.6 Å². The van der Waals surface area contributed by atoms with Crippen LogP contribution in [0.3, 0.4) is 0 Å². The maximum atomic E-state index is 3.58. The van der Waals surface area contributed by atoms with Gasteiger partial charge in [-0.3, -0.25) is 0 Å². The molecular formula is C9H12BrNS2. The van der Waals surface area contributed by atoms with E-state index < -0.39 is 0 Å². The molecule has 0 aromatic carbocycles. The first-order valence-corrected chi connectivity index (χ1v) is 7.00. The second-order valence-electron chi connectivity index (χ2n) is 3.20. The Balaban J connectivity index is 2.12. The molecule has 0 saturated carbocycles. The minimum atomic E-state index is 0.498. The third kappa shape index (κ3) is 2.29. The molecule has 4 heteroatoms. The SMILES string of the molecule is CC1CCNC(c2sccc2Br)S1. The summed E-state index contributed by atoms with van der Waals surface area (Å²) in [6, 6.07) is 2.13. The molecule has 1 aromatic heterocycles. The molecule has 1 nitrogen and oxygen atoms in total. The minimum absolute atomic E-state index is 0.498. The Bertz CT molecular complexity index is 287. The van der Waals surface area contributed by atoms with Crippen molar-refractivity contribution in [3.05, 3.63) is 20.8 Å². The van der Waals surface area contributed by atoms with E-state index in [4.69, 9.17) is 0 Å². The quantitative estimate of drug-likeness (QED) is 0.842. The fraction of sp³-hybridized carbons (Fsp3) is 0.556. The van der Waals surface area contributed by atoms with Gasteiger partial charge in [-0.15, -0.1) is 23.1 Å². The van der Waals surface area contributed by atoms with Gasteiger partial charge in [0.1, 0.15) is 0 Å². The standard InChI is InChI=1S/C9H12BrNS2/c1-6-2-4-11-9(13-6)8-7(10)3-5-12-8/h3,5-6,9,11H,2,4H2,1H3. The molecule has 1 aliphatic rings. The number of hydrogen-bond donors (Lipinski definition) is 1. The van der Waals surface area contributed by atoms with Crippen LogP contribution in [0.4, 0.5) is 0 Å². The van der Waals surface area contributed by atoms with Gasteiger partial charge >= 0.3 is 0 Å². The molecule has 1 aliphatic heterocycles. The molecule has 13 heavy (non-hydrogen) atoms. The Morgan fingerprint density at radius 1 is 1.62 bits per heavy atom. The molecule has 72 valence electrons. The molecule has 0 bridgehead atoms. The van der Waals surface area contributed by atoms with Crippen LogP contribution >= 0.6 is 39.0 Å². The summed E-state index contributed by atoms with van der Waals surface area (Å²) in [4.78, 5) is 1.43. The fourth-order valence-corrected chi connectivity index (χ4v) is 4.64. The summed E-state index contributed by atoms with van der Waals surface area (Å²) in [5.41, 5.74) is 0. The van der Waals surface area contributed by atoms with Crippen molar-refractivity contribution in [3.8, 4) is 0 Å². The Morgan fingerprint density at radius 2 is 2.46 bits per heavy atom. The van der Waals surface area contributed by atoms with Crippen LogP contribution in [0, 0.1) is 0 Å². The predicted octanol–water partition coefficient (Wildman–Crippen LogP) is 3.62. The van der Waals surface area contributed by atoms with E-state index in [9.17, 15) is 0 Å². The number of nitrogens with one attached hydrogen (secondary N) is 1. The highest BCUT2D eigenvalue weighted by Crippen LogP contribution is 2.40. The lowest BCUT2D eigenvalue weighted by Crippen LogP contribution is -2.28. The number of rotatable bonds is 1. The number of thioether (sulfide) groups is 1. The first-order valence-electron chi connectivity index (χ1n) is 4.39. The van der Waals surface area contributed by atoms with E-state index in [1.807, 2.05) is 23.1 Å². The summed E-state index contributed by atoms with van der Waals surface area (Å²) in [7, 11) is 0. The molecule has 1 N–H and O–H groups in total. The van der Waals surface area contributed by atoms with Crippen molar-refractivity contribution >= 4 is 39.0 Å². The van der Waals surface area contributed by atoms with Gasteiger partial charge in [-0.1, -0.05) is 6.92 Å². The van der Waals surface area contributed by atoms with E-state index in [-0.39, 0.29) is 0 Å². The summed E-state index contributed by atoms with van der Waals surface area (Å²) in [6.07, 6.45) is 1.28. The molecule has 0 spiro atoms. The van der Waals surface area contributed by atoms with Gasteiger partial charge < -0.3 is 5.32 Å². The van der Waals surface area contributed by atoms with Gasteiger partial charge in [-0.25, -0.2) is 0 Å². The van der Waals surface area contributed by atoms with Crippen molar-refractivity contribution in [1.29, 1.82) is 0 Å². The third-order valence-corrected chi connectivity index (χ3v) is 5.59. The van der Waals surface area contributed by atoms with Crippen LogP contribution in [0.2, 0.25) is 0 Å². The van der Waals surface area contributed by atoms with Crippen molar-refractivity contribution < 1.29 is 0 Å². The molecular weight excluding hydrogens is 266 g/mol.